The van der Waals surface area contributed by atoms with Crippen molar-refractivity contribution >= 4 is 5.97 Å². The molecule has 1 heterocycles. The topological polar surface area (TPSA) is 52.3 Å². The number of methoxy groups -OCH3 is 1. The maximum Gasteiger partial charge on any atom is 0.343 e. The first-order valence-corrected chi connectivity index (χ1v) is 7.37. The molecule has 1 aromatic rings. The molecule has 0 atom stereocenters. The van der Waals surface area contributed by atoms with E-state index < -0.39 is 0 Å². The molecule has 102 valence electrons. The molecule has 4 heteroatoms. The first kappa shape index (κ1) is 11.5. The van der Waals surface area contributed by atoms with Crippen molar-refractivity contribution in [2.75, 3.05) is 7.11 Å². The van der Waals surface area contributed by atoms with Crippen molar-refractivity contribution < 1.29 is 14.1 Å². The number of hydrogen-bond donors (Lipinski definition) is 0. The molecule has 4 nitrogen and oxygen atoms in total. The van der Waals surface area contributed by atoms with Gasteiger partial charge in [0.2, 0.25) is 0 Å². The number of carbonyl (C=O) groups is 1. The summed E-state index contributed by atoms with van der Waals surface area (Å²) in [5, 5.41) is 4.29. The second-order valence-corrected chi connectivity index (χ2v) is 6.27. The molecule has 3 fully saturated rings. The molecule has 0 aliphatic heterocycles. The van der Waals surface area contributed by atoms with Crippen LogP contribution in [0.3, 0.4) is 0 Å². The summed E-state index contributed by atoms with van der Waals surface area (Å²) in [6.07, 6.45) is 7.30. The van der Waals surface area contributed by atoms with Crippen LogP contribution >= 0.6 is 0 Å². The number of rotatable bonds is 5. The third kappa shape index (κ3) is 1.97. The summed E-state index contributed by atoms with van der Waals surface area (Å²) in [6, 6.07) is 0. The summed E-state index contributed by atoms with van der Waals surface area (Å²) in [5.41, 5.74) is 1.56. The summed E-state index contributed by atoms with van der Waals surface area (Å²) < 4.78 is 10.5. The van der Waals surface area contributed by atoms with Crippen molar-refractivity contribution in [2.24, 2.45) is 11.8 Å². The fourth-order valence-electron chi connectivity index (χ4n) is 3.22. The first-order chi connectivity index (χ1) is 9.29. The molecule has 0 N–H and O–H groups in total. The van der Waals surface area contributed by atoms with Gasteiger partial charge in [-0.1, -0.05) is 5.16 Å². The van der Waals surface area contributed by atoms with Crippen molar-refractivity contribution in [3.8, 4) is 0 Å². The maximum absolute atomic E-state index is 12.1. The van der Waals surface area contributed by atoms with E-state index in [-0.39, 0.29) is 5.97 Å². The van der Waals surface area contributed by atoms with Gasteiger partial charge in [0.05, 0.1) is 7.11 Å². The van der Waals surface area contributed by atoms with E-state index in [4.69, 9.17) is 9.26 Å². The lowest BCUT2D eigenvalue weighted by Crippen LogP contribution is -2.12. The van der Waals surface area contributed by atoms with E-state index in [1.54, 1.807) is 0 Å². The number of hydrogen-bond acceptors (Lipinski definition) is 4. The van der Waals surface area contributed by atoms with Crippen LogP contribution < -0.4 is 0 Å². The van der Waals surface area contributed by atoms with Crippen LogP contribution in [0.4, 0.5) is 0 Å². The fraction of sp³-hybridized carbons (Fsp3) is 0.733. The molecule has 0 saturated heterocycles. The SMILES string of the molecule is COC(=O)c1c(C(C2CC2)C2CC2)noc1C1CC1. The minimum Gasteiger partial charge on any atom is -0.465 e. The second kappa shape index (κ2) is 4.09. The van der Waals surface area contributed by atoms with Gasteiger partial charge in [-0.2, -0.15) is 0 Å². The Morgan fingerprint density at radius 1 is 1.21 bits per heavy atom. The lowest BCUT2D eigenvalue weighted by atomic mass is 9.90. The highest BCUT2D eigenvalue weighted by Crippen LogP contribution is 2.56. The zero-order chi connectivity index (χ0) is 13.0. The van der Waals surface area contributed by atoms with E-state index in [1.807, 2.05) is 0 Å². The molecule has 0 unspecified atom stereocenters. The molecule has 3 aliphatic rings. The normalized spacial score (nSPS) is 22.8. The summed E-state index contributed by atoms with van der Waals surface area (Å²) in [6.45, 7) is 0. The van der Waals surface area contributed by atoms with Gasteiger partial charge >= 0.3 is 5.97 Å². The van der Waals surface area contributed by atoms with E-state index in [2.05, 4.69) is 5.16 Å². The van der Waals surface area contributed by atoms with E-state index in [1.165, 1.54) is 32.8 Å². The quantitative estimate of drug-likeness (QED) is 0.763. The Labute approximate surface area is 112 Å². The fourth-order valence-corrected chi connectivity index (χ4v) is 3.22. The molecule has 0 bridgehead atoms. The Morgan fingerprint density at radius 3 is 2.32 bits per heavy atom. The third-order valence-electron chi connectivity index (χ3n) is 4.66. The lowest BCUT2D eigenvalue weighted by Gasteiger charge is -2.13. The number of carbonyl (C=O) groups excluding carboxylic acids is 1. The lowest BCUT2D eigenvalue weighted by molar-refractivity contribution is 0.0596. The Morgan fingerprint density at radius 2 is 1.84 bits per heavy atom. The highest BCUT2D eigenvalue weighted by atomic mass is 16.5. The molecule has 19 heavy (non-hydrogen) atoms. The van der Waals surface area contributed by atoms with Gasteiger partial charge in [0.25, 0.3) is 0 Å². The molecule has 1 aromatic heterocycles. The molecule has 3 aliphatic carbocycles. The van der Waals surface area contributed by atoms with Gasteiger partial charge in [-0.05, 0) is 50.4 Å². The van der Waals surface area contributed by atoms with Gasteiger partial charge in [-0.15, -0.1) is 0 Å². The Bertz CT molecular complexity index is 497. The molecule has 0 radical (unpaired) electrons. The highest BCUT2D eigenvalue weighted by molar-refractivity contribution is 5.92. The average molecular weight is 261 g/mol. The molecule has 0 amide bonds. The van der Waals surface area contributed by atoms with Gasteiger partial charge < -0.3 is 9.26 Å². The van der Waals surface area contributed by atoms with E-state index in [0.717, 1.165) is 24.3 Å². The molecule has 0 spiro atoms. The van der Waals surface area contributed by atoms with E-state index in [9.17, 15) is 4.79 Å². The van der Waals surface area contributed by atoms with Gasteiger partial charge in [0, 0.05) is 11.8 Å². The summed E-state index contributed by atoms with van der Waals surface area (Å²) in [5.74, 6) is 2.79. The molecular weight excluding hydrogens is 242 g/mol. The first-order valence-electron chi connectivity index (χ1n) is 7.37. The van der Waals surface area contributed by atoms with E-state index >= 15 is 0 Å². The van der Waals surface area contributed by atoms with Crippen LogP contribution in [0.25, 0.3) is 0 Å². The summed E-state index contributed by atoms with van der Waals surface area (Å²) in [4.78, 5) is 12.1. The van der Waals surface area contributed by atoms with Crippen LogP contribution in [0.1, 0.15) is 72.2 Å². The van der Waals surface area contributed by atoms with Gasteiger partial charge in [0.1, 0.15) is 11.3 Å². The average Bonchev–Trinajstić information content (AvgIpc) is 3.22. The Hall–Kier alpha value is -1.32. The largest absolute Gasteiger partial charge is 0.465 e. The van der Waals surface area contributed by atoms with Crippen molar-refractivity contribution in [3.63, 3.8) is 0 Å². The highest BCUT2D eigenvalue weighted by Gasteiger charge is 2.47. The van der Waals surface area contributed by atoms with E-state index in [0.29, 0.717) is 29.2 Å². The minimum absolute atomic E-state index is 0.260. The third-order valence-corrected chi connectivity index (χ3v) is 4.66. The molecule has 0 aromatic carbocycles. The van der Waals surface area contributed by atoms with Gasteiger partial charge in [-0.25, -0.2) is 4.79 Å². The van der Waals surface area contributed by atoms with Crippen LogP contribution in [0, 0.1) is 11.8 Å². The van der Waals surface area contributed by atoms with Crippen molar-refractivity contribution in [1.82, 2.24) is 5.16 Å². The van der Waals surface area contributed by atoms with Gasteiger partial charge in [-0.3, -0.25) is 0 Å². The predicted octanol–water partition coefficient (Wildman–Crippen LogP) is 3.24. The molecule has 3 saturated carbocycles. The van der Waals surface area contributed by atoms with Crippen molar-refractivity contribution in [2.45, 2.75) is 50.4 Å². The zero-order valence-corrected chi connectivity index (χ0v) is 11.2. The maximum atomic E-state index is 12.1. The van der Waals surface area contributed by atoms with Crippen LogP contribution in [0.2, 0.25) is 0 Å². The number of aromatic nitrogens is 1. The summed E-state index contributed by atoms with van der Waals surface area (Å²) >= 11 is 0. The zero-order valence-electron chi connectivity index (χ0n) is 11.2. The monoisotopic (exact) mass is 261 g/mol. The smallest absolute Gasteiger partial charge is 0.343 e. The van der Waals surface area contributed by atoms with Crippen LogP contribution in [0.5, 0.6) is 0 Å². The molecular formula is C15H19NO3. The second-order valence-electron chi connectivity index (χ2n) is 6.27. The van der Waals surface area contributed by atoms with Crippen LogP contribution in [-0.2, 0) is 4.74 Å². The molecule has 4 rings (SSSR count). The summed E-state index contributed by atoms with van der Waals surface area (Å²) in [7, 11) is 1.44. The minimum atomic E-state index is -0.260. The van der Waals surface area contributed by atoms with Gasteiger partial charge in [0.15, 0.2) is 5.76 Å². The Kier molecular flexibility index (Phi) is 2.47. The number of ether oxygens (including phenoxy) is 1. The van der Waals surface area contributed by atoms with Crippen LogP contribution in [-0.4, -0.2) is 18.2 Å². The Balaban J connectivity index is 1.75. The number of nitrogens with zero attached hydrogens (tertiary/aromatic N) is 1. The predicted molar refractivity (Wildman–Crippen MR) is 68.0 cm³/mol. The van der Waals surface area contributed by atoms with Crippen molar-refractivity contribution in [3.05, 3.63) is 17.0 Å². The van der Waals surface area contributed by atoms with Crippen molar-refractivity contribution in [1.29, 1.82) is 0 Å². The standard InChI is InChI=1S/C15H19NO3/c1-18-15(17)12-13(16-19-14(12)10-6-7-10)11(8-2-3-8)9-4-5-9/h8-11H,2-7H2,1H3. The number of esters is 1. The van der Waals surface area contributed by atoms with Crippen LogP contribution in [0.15, 0.2) is 4.52 Å².